The van der Waals surface area contributed by atoms with E-state index in [1.54, 1.807) is 0 Å². The van der Waals surface area contributed by atoms with Crippen molar-refractivity contribution in [2.24, 2.45) is 0 Å². The SMILES string of the molecule is CC(C)NC(=O)CNc1ccc(C(C)C)cc1. The predicted octanol–water partition coefficient (Wildman–Crippen LogP) is 2.75. The molecule has 17 heavy (non-hydrogen) atoms. The first kappa shape index (κ1) is 13.6. The maximum atomic E-state index is 11.4. The van der Waals surface area contributed by atoms with Gasteiger partial charge in [-0.1, -0.05) is 26.0 Å². The maximum Gasteiger partial charge on any atom is 0.239 e. The van der Waals surface area contributed by atoms with Gasteiger partial charge in [-0.3, -0.25) is 4.79 Å². The summed E-state index contributed by atoms with van der Waals surface area (Å²) in [6, 6.07) is 8.39. The van der Waals surface area contributed by atoms with Gasteiger partial charge in [0.15, 0.2) is 0 Å². The number of carbonyl (C=O) groups is 1. The summed E-state index contributed by atoms with van der Waals surface area (Å²) >= 11 is 0. The van der Waals surface area contributed by atoms with E-state index in [0.29, 0.717) is 12.5 Å². The molecule has 0 spiro atoms. The van der Waals surface area contributed by atoms with Crippen LogP contribution in [0.3, 0.4) is 0 Å². The summed E-state index contributed by atoms with van der Waals surface area (Å²) < 4.78 is 0. The molecule has 0 saturated heterocycles. The van der Waals surface area contributed by atoms with Crippen LogP contribution in [-0.2, 0) is 4.79 Å². The van der Waals surface area contributed by atoms with E-state index in [1.165, 1.54) is 5.56 Å². The van der Waals surface area contributed by atoms with Crippen LogP contribution >= 0.6 is 0 Å². The average Bonchev–Trinajstić information content (AvgIpc) is 2.26. The number of hydrogen-bond acceptors (Lipinski definition) is 2. The molecule has 1 aromatic rings. The van der Waals surface area contributed by atoms with E-state index in [-0.39, 0.29) is 11.9 Å². The molecule has 2 N–H and O–H groups in total. The third kappa shape index (κ3) is 4.89. The van der Waals surface area contributed by atoms with Crippen molar-refractivity contribution in [2.45, 2.75) is 39.7 Å². The Balaban J connectivity index is 2.44. The second kappa shape index (κ2) is 6.28. The zero-order valence-corrected chi connectivity index (χ0v) is 11.1. The van der Waals surface area contributed by atoms with Crippen LogP contribution in [0.15, 0.2) is 24.3 Å². The highest BCUT2D eigenvalue weighted by molar-refractivity contribution is 5.80. The van der Waals surface area contributed by atoms with Gasteiger partial charge in [-0.2, -0.15) is 0 Å². The summed E-state index contributed by atoms with van der Waals surface area (Å²) in [7, 11) is 0. The topological polar surface area (TPSA) is 41.1 Å². The van der Waals surface area contributed by atoms with Crippen molar-refractivity contribution >= 4 is 11.6 Å². The molecule has 0 aromatic heterocycles. The molecular formula is C14H22N2O. The molecular weight excluding hydrogens is 212 g/mol. The molecule has 0 radical (unpaired) electrons. The van der Waals surface area contributed by atoms with E-state index >= 15 is 0 Å². The molecule has 0 bridgehead atoms. The van der Waals surface area contributed by atoms with E-state index in [4.69, 9.17) is 0 Å². The molecule has 1 rings (SSSR count). The molecule has 0 fully saturated rings. The summed E-state index contributed by atoms with van der Waals surface area (Å²) in [6.07, 6.45) is 0. The number of benzene rings is 1. The highest BCUT2D eigenvalue weighted by Gasteiger charge is 2.03. The van der Waals surface area contributed by atoms with Crippen molar-refractivity contribution in [3.05, 3.63) is 29.8 Å². The van der Waals surface area contributed by atoms with Crippen molar-refractivity contribution in [2.75, 3.05) is 11.9 Å². The Hall–Kier alpha value is -1.51. The van der Waals surface area contributed by atoms with E-state index in [0.717, 1.165) is 5.69 Å². The lowest BCUT2D eigenvalue weighted by molar-refractivity contribution is -0.119. The molecule has 0 unspecified atom stereocenters. The average molecular weight is 234 g/mol. The van der Waals surface area contributed by atoms with Crippen LogP contribution in [0.4, 0.5) is 5.69 Å². The number of rotatable bonds is 5. The quantitative estimate of drug-likeness (QED) is 0.822. The van der Waals surface area contributed by atoms with Crippen LogP contribution in [0.2, 0.25) is 0 Å². The Morgan fingerprint density at radius 1 is 1.12 bits per heavy atom. The monoisotopic (exact) mass is 234 g/mol. The summed E-state index contributed by atoms with van der Waals surface area (Å²) in [5, 5.41) is 5.95. The van der Waals surface area contributed by atoms with Crippen LogP contribution in [0.5, 0.6) is 0 Å². The van der Waals surface area contributed by atoms with Crippen molar-refractivity contribution in [1.29, 1.82) is 0 Å². The Labute approximate surface area is 104 Å². The van der Waals surface area contributed by atoms with Crippen LogP contribution in [0.1, 0.15) is 39.2 Å². The number of carbonyl (C=O) groups excluding carboxylic acids is 1. The Kier molecular flexibility index (Phi) is 5.01. The molecule has 1 aromatic carbocycles. The second-order valence-electron chi connectivity index (χ2n) is 4.85. The van der Waals surface area contributed by atoms with Gasteiger partial charge in [0.25, 0.3) is 0 Å². The van der Waals surface area contributed by atoms with Gasteiger partial charge in [0, 0.05) is 11.7 Å². The van der Waals surface area contributed by atoms with Gasteiger partial charge >= 0.3 is 0 Å². The summed E-state index contributed by atoms with van der Waals surface area (Å²) in [6.45, 7) is 8.56. The van der Waals surface area contributed by atoms with E-state index < -0.39 is 0 Å². The van der Waals surface area contributed by atoms with Crippen LogP contribution in [0, 0.1) is 0 Å². The van der Waals surface area contributed by atoms with Crippen molar-refractivity contribution in [1.82, 2.24) is 5.32 Å². The molecule has 3 heteroatoms. The van der Waals surface area contributed by atoms with Crippen molar-refractivity contribution in [3.63, 3.8) is 0 Å². The first-order valence-electron chi connectivity index (χ1n) is 6.12. The molecule has 94 valence electrons. The van der Waals surface area contributed by atoms with Crippen LogP contribution < -0.4 is 10.6 Å². The number of nitrogens with one attached hydrogen (secondary N) is 2. The van der Waals surface area contributed by atoms with Gasteiger partial charge in [0.1, 0.15) is 0 Å². The fourth-order valence-electron chi connectivity index (χ4n) is 1.54. The van der Waals surface area contributed by atoms with Crippen LogP contribution in [-0.4, -0.2) is 18.5 Å². The lowest BCUT2D eigenvalue weighted by Gasteiger charge is -2.11. The predicted molar refractivity (Wildman–Crippen MR) is 72.3 cm³/mol. The van der Waals surface area contributed by atoms with Gasteiger partial charge in [-0.25, -0.2) is 0 Å². The highest BCUT2D eigenvalue weighted by atomic mass is 16.1. The first-order valence-corrected chi connectivity index (χ1v) is 6.12. The molecule has 1 amide bonds. The fraction of sp³-hybridized carbons (Fsp3) is 0.500. The Morgan fingerprint density at radius 2 is 1.71 bits per heavy atom. The molecule has 0 aliphatic carbocycles. The Morgan fingerprint density at radius 3 is 2.18 bits per heavy atom. The summed E-state index contributed by atoms with van der Waals surface area (Å²) in [5.41, 5.74) is 2.29. The molecule has 0 aliphatic heterocycles. The largest absolute Gasteiger partial charge is 0.376 e. The lowest BCUT2D eigenvalue weighted by Crippen LogP contribution is -2.34. The van der Waals surface area contributed by atoms with Crippen molar-refractivity contribution in [3.8, 4) is 0 Å². The zero-order chi connectivity index (χ0) is 12.8. The normalized spacial score (nSPS) is 10.7. The smallest absolute Gasteiger partial charge is 0.239 e. The van der Waals surface area contributed by atoms with Gasteiger partial charge in [-0.05, 0) is 37.5 Å². The first-order chi connectivity index (χ1) is 7.99. The third-order valence-corrected chi connectivity index (χ3v) is 2.48. The van der Waals surface area contributed by atoms with Crippen LogP contribution in [0.25, 0.3) is 0 Å². The van der Waals surface area contributed by atoms with Gasteiger partial charge in [0.05, 0.1) is 6.54 Å². The molecule has 0 aliphatic rings. The standard InChI is InChI=1S/C14H22N2O/c1-10(2)12-5-7-13(8-6-12)15-9-14(17)16-11(3)4/h5-8,10-11,15H,9H2,1-4H3,(H,16,17). The highest BCUT2D eigenvalue weighted by Crippen LogP contribution is 2.16. The summed E-state index contributed by atoms with van der Waals surface area (Å²) in [5.74, 6) is 0.557. The lowest BCUT2D eigenvalue weighted by atomic mass is 10.0. The molecule has 0 heterocycles. The van der Waals surface area contributed by atoms with Gasteiger partial charge in [-0.15, -0.1) is 0 Å². The minimum absolute atomic E-state index is 0.0212. The summed E-state index contributed by atoms with van der Waals surface area (Å²) in [4.78, 5) is 11.4. The van der Waals surface area contributed by atoms with E-state index in [2.05, 4.69) is 36.6 Å². The van der Waals surface area contributed by atoms with Gasteiger partial charge in [0.2, 0.25) is 5.91 Å². The van der Waals surface area contributed by atoms with Gasteiger partial charge < -0.3 is 10.6 Å². The zero-order valence-electron chi connectivity index (χ0n) is 11.1. The van der Waals surface area contributed by atoms with E-state index in [9.17, 15) is 4.79 Å². The molecule has 0 saturated carbocycles. The number of amides is 1. The third-order valence-electron chi connectivity index (χ3n) is 2.48. The minimum Gasteiger partial charge on any atom is -0.376 e. The fourth-order valence-corrected chi connectivity index (χ4v) is 1.54. The molecule has 3 nitrogen and oxygen atoms in total. The molecule has 0 atom stereocenters. The second-order valence-corrected chi connectivity index (χ2v) is 4.85. The van der Waals surface area contributed by atoms with Crippen molar-refractivity contribution < 1.29 is 4.79 Å². The minimum atomic E-state index is 0.0212. The van der Waals surface area contributed by atoms with E-state index in [1.807, 2.05) is 26.0 Å². The maximum absolute atomic E-state index is 11.4. The Bertz CT molecular complexity index is 355. The number of anilines is 1. The number of hydrogen-bond donors (Lipinski definition) is 2.